The Balaban J connectivity index is 1.82. The van der Waals surface area contributed by atoms with E-state index in [1.54, 1.807) is 24.3 Å². The molecule has 0 spiro atoms. The van der Waals surface area contributed by atoms with Gasteiger partial charge in [-0.05, 0) is 11.5 Å². The number of nitrogens with zero attached hydrogens (tertiary/aromatic N) is 2. The number of sulfonamides is 1. The van der Waals surface area contributed by atoms with E-state index in [2.05, 4.69) is 0 Å². The first-order valence-electron chi connectivity index (χ1n) is 7.54. The summed E-state index contributed by atoms with van der Waals surface area (Å²) >= 11 is 0. The molecular weight excluding hydrogens is 341 g/mol. The van der Waals surface area contributed by atoms with Gasteiger partial charge in [-0.15, -0.1) is 0 Å². The lowest BCUT2D eigenvalue weighted by molar-refractivity contribution is -0.148. The molecule has 3 rings (SSSR count). The third kappa shape index (κ3) is 3.55. The summed E-state index contributed by atoms with van der Waals surface area (Å²) in [7, 11) is -3.73. The number of alkyl halides is 3. The van der Waals surface area contributed by atoms with E-state index in [-0.39, 0.29) is 31.1 Å². The largest absolute Gasteiger partial charge is 0.401 e. The van der Waals surface area contributed by atoms with Gasteiger partial charge >= 0.3 is 6.18 Å². The highest BCUT2D eigenvalue weighted by atomic mass is 32.2. The van der Waals surface area contributed by atoms with Crippen LogP contribution in [0.1, 0.15) is 0 Å². The minimum absolute atomic E-state index is 0.0572. The number of rotatable bonds is 3. The molecule has 130 valence electrons. The van der Waals surface area contributed by atoms with Crippen molar-refractivity contribution in [1.82, 2.24) is 9.21 Å². The average molecular weight is 358 g/mol. The van der Waals surface area contributed by atoms with Gasteiger partial charge in [-0.2, -0.15) is 17.5 Å². The molecule has 0 saturated carbocycles. The zero-order valence-electron chi connectivity index (χ0n) is 12.8. The van der Waals surface area contributed by atoms with Crippen LogP contribution in [-0.4, -0.2) is 56.5 Å². The Morgan fingerprint density at radius 2 is 1.54 bits per heavy atom. The Hall–Kier alpha value is -1.64. The molecule has 2 aromatic rings. The van der Waals surface area contributed by atoms with Gasteiger partial charge in [-0.1, -0.05) is 36.4 Å². The lowest BCUT2D eigenvalue weighted by Crippen LogP contribution is -2.50. The molecule has 1 heterocycles. The van der Waals surface area contributed by atoms with Crippen molar-refractivity contribution in [3.63, 3.8) is 0 Å². The minimum atomic E-state index is -4.27. The number of piperazine rings is 1. The zero-order valence-corrected chi connectivity index (χ0v) is 13.6. The van der Waals surface area contributed by atoms with Crippen LogP contribution in [0.3, 0.4) is 0 Å². The summed E-state index contributed by atoms with van der Waals surface area (Å²) in [5, 5.41) is 1.44. The molecule has 2 aromatic carbocycles. The van der Waals surface area contributed by atoms with Crippen LogP contribution in [-0.2, 0) is 10.0 Å². The molecule has 1 aliphatic heterocycles. The Morgan fingerprint density at radius 1 is 0.917 bits per heavy atom. The molecule has 0 amide bonds. The molecule has 1 aliphatic rings. The molecule has 0 atom stereocenters. The van der Waals surface area contributed by atoms with Gasteiger partial charge in [0.25, 0.3) is 0 Å². The maximum atomic E-state index is 12.9. The highest BCUT2D eigenvalue weighted by Crippen LogP contribution is 2.27. The highest BCUT2D eigenvalue weighted by molar-refractivity contribution is 7.89. The minimum Gasteiger partial charge on any atom is -0.292 e. The second-order valence-electron chi connectivity index (χ2n) is 5.77. The van der Waals surface area contributed by atoms with E-state index >= 15 is 0 Å². The Labute approximate surface area is 138 Å². The summed E-state index contributed by atoms with van der Waals surface area (Å²) in [5.41, 5.74) is 0. The van der Waals surface area contributed by atoms with Crippen molar-refractivity contribution < 1.29 is 21.6 Å². The van der Waals surface area contributed by atoms with Crippen LogP contribution in [0.4, 0.5) is 13.2 Å². The first kappa shape index (κ1) is 17.2. The average Bonchev–Trinajstić information content (AvgIpc) is 2.53. The number of fused-ring (bicyclic) bond motifs is 1. The molecule has 4 nitrogen and oxygen atoms in total. The monoisotopic (exact) mass is 358 g/mol. The molecule has 0 bridgehead atoms. The van der Waals surface area contributed by atoms with Gasteiger partial charge in [-0.3, -0.25) is 4.90 Å². The number of hydrogen-bond donors (Lipinski definition) is 0. The smallest absolute Gasteiger partial charge is 0.292 e. The summed E-state index contributed by atoms with van der Waals surface area (Å²) in [5.74, 6) is 0. The lowest BCUT2D eigenvalue weighted by Gasteiger charge is -2.34. The van der Waals surface area contributed by atoms with Crippen LogP contribution < -0.4 is 0 Å². The molecule has 0 unspecified atom stereocenters. The Morgan fingerprint density at radius 3 is 2.21 bits per heavy atom. The Kier molecular flexibility index (Phi) is 4.54. The number of hydrogen-bond acceptors (Lipinski definition) is 3. The summed E-state index contributed by atoms with van der Waals surface area (Å²) in [6, 6.07) is 12.2. The van der Waals surface area contributed by atoms with Crippen LogP contribution in [0, 0.1) is 0 Å². The van der Waals surface area contributed by atoms with Gasteiger partial charge in [0.1, 0.15) is 0 Å². The summed E-state index contributed by atoms with van der Waals surface area (Å²) in [4.78, 5) is 1.43. The van der Waals surface area contributed by atoms with Crippen molar-refractivity contribution in [2.75, 3.05) is 32.7 Å². The predicted molar refractivity (Wildman–Crippen MR) is 85.2 cm³/mol. The van der Waals surface area contributed by atoms with Crippen molar-refractivity contribution in [2.24, 2.45) is 0 Å². The van der Waals surface area contributed by atoms with E-state index in [0.717, 1.165) is 5.39 Å². The molecule has 8 heteroatoms. The van der Waals surface area contributed by atoms with Crippen molar-refractivity contribution in [3.05, 3.63) is 42.5 Å². The SMILES string of the molecule is O=S(=O)(c1cccc2ccccc12)N1CCN(CC(F)(F)F)CC1. The van der Waals surface area contributed by atoms with E-state index < -0.39 is 22.7 Å². The maximum Gasteiger partial charge on any atom is 0.401 e. The van der Waals surface area contributed by atoms with Gasteiger partial charge in [0.05, 0.1) is 11.4 Å². The molecular formula is C16H17F3N2O2S. The second-order valence-corrected chi connectivity index (χ2v) is 7.68. The highest BCUT2D eigenvalue weighted by Gasteiger charge is 2.35. The van der Waals surface area contributed by atoms with Gasteiger partial charge in [-0.25, -0.2) is 8.42 Å². The molecule has 1 fully saturated rings. The maximum absolute atomic E-state index is 12.9. The van der Waals surface area contributed by atoms with E-state index in [0.29, 0.717) is 5.39 Å². The molecule has 0 aromatic heterocycles. The fraction of sp³-hybridized carbons (Fsp3) is 0.375. The van der Waals surface area contributed by atoms with Gasteiger partial charge in [0.15, 0.2) is 0 Å². The number of halogens is 3. The standard InChI is InChI=1S/C16H17F3N2O2S/c17-16(18,19)12-20-8-10-21(11-9-20)24(22,23)15-7-3-5-13-4-1-2-6-14(13)15/h1-7H,8-12H2. The van der Waals surface area contributed by atoms with Crippen LogP contribution in [0.5, 0.6) is 0 Å². The van der Waals surface area contributed by atoms with E-state index in [9.17, 15) is 21.6 Å². The summed E-state index contributed by atoms with van der Waals surface area (Å²) in [6.07, 6.45) is -4.27. The van der Waals surface area contributed by atoms with Gasteiger partial charge in [0.2, 0.25) is 10.0 Å². The second kappa shape index (κ2) is 6.34. The molecule has 0 aliphatic carbocycles. The Bertz CT molecular complexity index is 823. The predicted octanol–water partition coefficient (Wildman–Crippen LogP) is 2.71. The summed E-state index contributed by atoms with van der Waals surface area (Å²) < 4.78 is 64.3. The van der Waals surface area contributed by atoms with E-state index in [1.807, 2.05) is 18.2 Å². The fourth-order valence-corrected chi connectivity index (χ4v) is 4.58. The van der Waals surface area contributed by atoms with Crippen molar-refractivity contribution in [1.29, 1.82) is 0 Å². The first-order valence-corrected chi connectivity index (χ1v) is 8.98. The first-order chi connectivity index (χ1) is 11.3. The van der Waals surface area contributed by atoms with Crippen molar-refractivity contribution in [2.45, 2.75) is 11.1 Å². The van der Waals surface area contributed by atoms with Gasteiger partial charge in [0, 0.05) is 31.6 Å². The normalized spacial score (nSPS) is 18.1. The quantitative estimate of drug-likeness (QED) is 0.847. The topological polar surface area (TPSA) is 40.6 Å². The fourth-order valence-electron chi connectivity index (χ4n) is 2.94. The lowest BCUT2D eigenvalue weighted by atomic mass is 10.1. The van der Waals surface area contributed by atoms with Crippen molar-refractivity contribution >= 4 is 20.8 Å². The van der Waals surface area contributed by atoms with Crippen molar-refractivity contribution in [3.8, 4) is 0 Å². The summed E-state index contributed by atoms with van der Waals surface area (Å²) in [6.45, 7) is -0.745. The zero-order chi connectivity index (χ0) is 17.4. The van der Waals surface area contributed by atoms with E-state index in [1.165, 1.54) is 9.21 Å². The van der Waals surface area contributed by atoms with Crippen LogP contribution >= 0.6 is 0 Å². The van der Waals surface area contributed by atoms with Crippen LogP contribution in [0.15, 0.2) is 47.4 Å². The van der Waals surface area contributed by atoms with Gasteiger partial charge < -0.3 is 0 Å². The van der Waals surface area contributed by atoms with Crippen LogP contribution in [0.25, 0.3) is 10.8 Å². The molecule has 1 saturated heterocycles. The van der Waals surface area contributed by atoms with Crippen LogP contribution in [0.2, 0.25) is 0 Å². The van der Waals surface area contributed by atoms with E-state index in [4.69, 9.17) is 0 Å². The third-order valence-electron chi connectivity index (χ3n) is 4.10. The number of benzene rings is 2. The third-order valence-corrected chi connectivity index (χ3v) is 6.06. The molecule has 0 radical (unpaired) electrons. The molecule has 0 N–H and O–H groups in total. The molecule has 24 heavy (non-hydrogen) atoms.